The molecule has 0 aliphatic carbocycles. The third kappa shape index (κ3) is 15.2. The van der Waals surface area contributed by atoms with Crippen LogP contribution in [0.3, 0.4) is 0 Å². The summed E-state index contributed by atoms with van der Waals surface area (Å²) in [5.41, 5.74) is 0. The third-order valence-corrected chi connectivity index (χ3v) is 12.8. The van der Waals surface area contributed by atoms with E-state index in [1.165, 1.54) is 25.7 Å². The molecule has 4 atom stereocenters. The van der Waals surface area contributed by atoms with Crippen molar-refractivity contribution < 1.29 is 33.1 Å². The Bertz CT molecular complexity index is 297. The molecule has 176 valence electrons. The van der Waals surface area contributed by atoms with Gasteiger partial charge in [-0.05, 0) is 0 Å². The average molecular weight is 583 g/mol. The molecule has 0 bridgehead atoms. The van der Waals surface area contributed by atoms with Gasteiger partial charge < -0.3 is 0 Å². The summed E-state index contributed by atoms with van der Waals surface area (Å²) in [5.74, 6) is 2.02. The van der Waals surface area contributed by atoms with Crippen LogP contribution in [0.15, 0.2) is 0 Å². The summed E-state index contributed by atoms with van der Waals surface area (Å²) in [4.78, 5) is 0. The Kier molecular flexibility index (Phi) is 18.7. The molecule has 0 saturated carbocycles. The predicted molar refractivity (Wildman–Crippen MR) is 120 cm³/mol. The summed E-state index contributed by atoms with van der Waals surface area (Å²) < 4.78 is 25.9. The van der Waals surface area contributed by atoms with E-state index in [2.05, 4.69) is 55.4 Å². The molecule has 0 aliphatic heterocycles. The third-order valence-electron chi connectivity index (χ3n) is 5.30. The SMILES string of the molecule is CCCC(C)C[O][Hf]([O]CC(C)CCC)([O]CC(C)CCC)[O]CC(C)CCC. The summed E-state index contributed by atoms with van der Waals surface area (Å²) in [6.07, 6.45) is 9.33. The number of rotatable bonds is 20. The second-order valence-corrected chi connectivity index (χ2v) is 17.1. The molecule has 0 heterocycles. The molecule has 0 radical (unpaired) electrons. The minimum absolute atomic E-state index is 0.504. The Morgan fingerprint density at radius 2 is 0.655 bits per heavy atom. The molecule has 0 saturated heterocycles. The van der Waals surface area contributed by atoms with E-state index in [1.54, 1.807) is 0 Å². The van der Waals surface area contributed by atoms with E-state index >= 15 is 0 Å². The van der Waals surface area contributed by atoms with Gasteiger partial charge in [0.15, 0.2) is 0 Å². The molecule has 0 aromatic rings. The number of hydrogen-bond acceptors (Lipinski definition) is 4. The van der Waals surface area contributed by atoms with Gasteiger partial charge in [0.25, 0.3) is 0 Å². The molecule has 0 amide bonds. The van der Waals surface area contributed by atoms with E-state index < -0.39 is 21.7 Å². The molecule has 0 rings (SSSR count). The predicted octanol–water partition coefficient (Wildman–Crippen LogP) is 7.61. The fourth-order valence-electron chi connectivity index (χ4n) is 3.53. The van der Waals surface area contributed by atoms with Crippen molar-refractivity contribution in [3.63, 3.8) is 0 Å². The van der Waals surface area contributed by atoms with Crippen LogP contribution < -0.4 is 0 Å². The number of hydrogen-bond donors (Lipinski definition) is 0. The van der Waals surface area contributed by atoms with E-state index in [4.69, 9.17) is 11.4 Å². The Labute approximate surface area is 189 Å². The fourth-order valence-corrected chi connectivity index (χ4v) is 12.4. The first kappa shape index (κ1) is 29.7. The maximum atomic E-state index is 6.49. The van der Waals surface area contributed by atoms with Crippen LogP contribution in [-0.4, -0.2) is 26.4 Å². The van der Waals surface area contributed by atoms with Gasteiger partial charge in [-0.3, -0.25) is 0 Å². The van der Waals surface area contributed by atoms with Gasteiger partial charge in [-0.15, -0.1) is 0 Å². The van der Waals surface area contributed by atoms with Gasteiger partial charge in [0, 0.05) is 0 Å². The van der Waals surface area contributed by atoms with E-state index in [9.17, 15) is 0 Å². The van der Waals surface area contributed by atoms with Crippen LogP contribution in [-0.2, 0) is 33.1 Å². The standard InChI is InChI=1S/4C6H13O.Hf/c4*1-3-4-6(2)5-7;/h4*6H,3-5H2,1-2H3;/q4*-1;+4. The Hall–Kier alpha value is 0.710. The molecule has 0 aromatic heterocycles. The molecule has 0 N–H and O–H groups in total. The van der Waals surface area contributed by atoms with Crippen molar-refractivity contribution in [1.29, 1.82) is 0 Å². The molecular formula is C24H52HfO4. The summed E-state index contributed by atoms with van der Waals surface area (Å²) in [6, 6.07) is 0. The van der Waals surface area contributed by atoms with E-state index in [-0.39, 0.29) is 0 Å². The van der Waals surface area contributed by atoms with Crippen molar-refractivity contribution in [1.82, 2.24) is 0 Å². The maximum absolute atomic E-state index is 6.49. The Morgan fingerprint density at radius 1 is 0.448 bits per heavy atom. The second-order valence-electron chi connectivity index (χ2n) is 9.32. The van der Waals surface area contributed by atoms with Crippen LogP contribution in [0.1, 0.15) is 107 Å². The van der Waals surface area contributed by atoms with Crippen LogP contribution in [0.2, 0.25) is 0 Å². The monoisotopic (exact) mass is 584 g/mol. The summed E-state index contributed by atoms with van der Waals surface area (Å²) in [5, 5.41) is 0. The van der Waals surface area contributed by atoms with Gasteiger partial charge in [-0.1, -0.05) is 0 Å². The first-order valence-corrected chi connectivity index (χ1v) is 18.2. The quantitative estimate of drug-likeness (QED) is 0.138. The van der Waals surface area contributed by atoms with Crippen LogP contribution in [0.25, 0.3) is 0 Å². The van der Waals surface area contributed by atoms with Gasteiger partial charge in [-0.2, -0.15) is 0 Å². The molecular weight excluding hydrogens is 531 g/mol. The normalized spacial score (nSPS) is 18.2. The zero-order valence-electron chi connectivity index (χ0n) is 20.9. The van der Waals surface area contributed by atoms with E-state index in [1.807, 2.05) is 0 Å². The summed E-state index contributed by atoms with van der Waals surface area (Å²) in [7, 11) is 0. The molecule has 0 aliphatic rings. The van der Waals surface area contributed by atoms with Gasteiger partial charge in [-0.25, -0.2) is 0 Å². The van der Waals surface area contributed by atoms with Crippen LogP contribution in [0.4, 0.5) is 0 Å². The second kappa shape index (κ2) is 18.3. The van der Waals surface area contributed by atoms with Crippen LogP contribution >= 0.6 is 0 Å². The minimum atomic E-state index is -4.23. The average Bonchev–Trinajstić information content (AvgIpc) is 2.68. The van der Waals surface area contributed by atoms with Crippen LogP contribution in [0, 0.1) is 23.7 Å². The van der Waals surface area contributed by atoms with Crippen molar-refractivity contribution in [3.8, 4) is 0 Å². The van der Waals surface area contributed by atoms with E-state index in [0.29, 0.717) is 50.1 Å². The van der Waals surface area contributed by atoms with Crippen molar-refractivity contribution in [2.24, 2.45) is 23.7 Å². The molecule has 29 heavy (non-hydrogen) atoms. The molecule has 0 fully saturated rings. The zero-order chi connectivity index (χ0) is 22.1. The zero-order valence-corrected chi connectivity index (χ0v) is 24.5. The van der Waals surface area contributed by atoms with Crippen molar-refractivity contribution in [3.05, 3.63) is 0 Å². The first-order valence-electron chi connectivity index (χ1n) is 12.4. The van der Waals surface area contributed by atoms with Crippen molar-refractivity contribution in [2.75, 3.05) is 26.4 Å². The first-order chi connectivity index (χ1) is 13.8. The molecule has 4 nitrogen and oxygen atoms in total. The van der Waals surface area contributed by atoms with Gasteiger partial charge in [0.1, 0.15) is 0 Å². The molecule has 0 aromatic carbocycles. The summed E-state index contributed by atoms with van der Waals surface area (Å²) in [6.45, 7) is 20.6. The molecule has 4 unspecified atom stereocenters. The van der Waals surface area contributed by atoms with E-state index in [0.717, 1.165) is 25.7 Å². The van der Waals surface area contributed by atoms with Crippen molar-refractivity contribution in [2.45, 2.75) is 107 Å². The molecule has 0 spiro atoms. The van der Waals surface area contributed by atoms with Gasteiger partial charge in [0.05, 0.1) is 0 Å². The topological polar surface area (TPSA) is 36.9 Å². The summed E-state index contributed by atoms with van der Waals surface area (Å²) >= 11 is -4.23. The fraction of sp³-hybridized carbons (Fsp3) is 1.00. The van der Waals surface area contributed by atoms with Gasteiger partial charge in [0.2, 0.25) is 0 Å². The molecule has 5 heteroatoms. The van der Waals surface area contributed by atoms with Crippen LogP contribution in [0.5, 0.6) is 0 Å². The Balaban J connectivity index is 5.25. The Morgan fingerprint density at radius 3 is 0.828 bits per heavy atom. The van der Waals surface area contributed by atoms with Gasteiger partial charge >= 0.3 is 190 Å². The van der Waals surface area contributed by atoms with Crippen molar-refractivity contribution >= 4 is 0 Å².